The van der Waals surface area contributed by atoms with Gasteiger partial charge in [0.1, 0.15) is 12.1 Å². The summed E-state index contributed by atoms with van der Waals surface area (Å²) >= 11 is 0. The predicted octanol–water partition coefficient (Wildman–Crippen LogP) is 3.66. The van der Waals surface area contributed by atoms with E-state index in [1.165, 1.54) is 0 Å². The Kier molecular flexibility index (Phi) is 10.5. The Bertz CT molecular complexity index is 1050. The van der Waals surface area contributed by atoms with Gasteiger partial charge in [-0.05, 0) is 56.3 Å². The molecule has 5 fully saturated rings. The fourth-order valence-corrected chi connectivity index (χ4v) is 7.32. The van der Waals surface area contributed by atoms with E-state index in [-0.39, 0.29) is 42.4 Å². The number of hydrogen-bond acceptors (Lipinski definition) is 9. The summed E-state index contributed by atoms with van der Waals surface area (Å²) in [6.45, 7) is 13.4. The van der Waals surface area contributed by atoms with Gasteiger partial charge in [-0.3, -0.25) is 14.4 Å². The van der Waals surface area contributed by atoms with Crippen LogP contribution in [0.3, 0.4) is 0 Å². The van der Waals surface area contributed by atoms with Crippen LogP contribution in [-0.2, 0) is 43.2 Å². The summed E-state index contributed by atoms with van der Waals surface area (Å²) in [5.74, 6) is -3.55. The van der Waals surface area contributed by atoms with Crippen molar-refractivity contribution in [3.8, 4) is 0 Å². The van der Waals surface area contributed by atoms with Gasteiger partial charge in [0, 0.05) is 24.7 Å². The predicted molar refractivity (Wildman–Crippen MR) is 153 cm³/mol. The number of amides is 2. The number of carbonyl (C=O) groups excluding carboxylic acids is 3. The van der Waals surface area contributed by atoms with Crippen LogP contribution in [-0.4, -0.2) is 64.9 Å². The zero-order chi connectivity index (χ0) is 31.7. The van der Waals surface area contributed by atoms with Gasteiger partial charge < -0.3 is 30.0 Å². The van der Waals surface area contributed by atoms with Gasteiger partial charge in [-0.1, -0.05) is 48.0 Å². The van der Waals surface area contributed by atoms with Crippen LogP contribution in [0.25, 0.3) is 0 Å². The molecule has 2 amide bonds. The molecule has 1 aliphatic carbocycles. The van der Waals surface area contributed by atoms with E-state index in [2.05, 4.69) is 17.6 Å². The summed E-state index contributed by atoms with van der Waals surface area (Å²) in [6, 6.07) is -1.99. The first-order valence-corrected chi connectivity index (χ1v) is 15.9. The van der Waals surface area contributed by atoms with Crippen molar-refractivity contribution in [2.45, 2.75) is 136 Å². The Morgan fingerprint density at radius 2 is 1.72 bits per heavy atom. The maximum Gasteiger partial charge on any atom is 0.326 e. The van der Waals surface area contributed by atoms with Crippen LogP contribution in [0.2, 0.25) is 0 Å². The molecule has 5 rings (SSSR count). The Hall–Kier alpha value is -2.28. The molecule has 0 aromatic rings. The van der Waals surface area contributed by atoms with E-state index in [4.69, 9.17) is 24.0 Å². The zero-order valence-electron chi connectivity index (χ0n) is 26.6. The van der Waals surface area contributed by atoms with Gasteiger partial charge in [-0.25, -0.2) is 14.6 Å². The summed E-state index contributed by atoms with van der Waals surface area (Å²) in [6.07, 6.45) is 2.31. The fourth-order valence-electron chi connectivity index (χ4n) is 7.32. The minimum atomic E-state index is -1.13. The molecule has 3 N–H and O–H groups in total. The number of hydrogen-bond donors (Lipinski definition) is 3. The van der Waals surface area contributed by atoms with Crippen LogP contribution < -0.4 is 10.6 Å². The molecule has 11 atom stereocenters. The van der Waals surface area contributed by atoms with Gasteiger partial charge in [0.2, 0.25) is 23.9 Å². The number of carboxylic acid groups (broad SMARTS) is 1. The molecule has 12 nitrogen and oxygen atoms in total. The molecule has 12 heteroatoms. The maximum atomic E-state index is 13.0. The second-order valence-corrected chi connectivity index (χ2v) is 13.7. The highest BCUT2D eigenvalue weighted by molar-refractivity contribution is 5.91. The van der Waals surface area contributed by atoms with Gasteiger partial charge >= 0.3 is 11.9 Å². The van der Waals surface area contributed by atoms with Gasteiger partial charge in [0.05, 0.1) is 6.42 Å². The summed E-state index contributed by atoms with van der Waals surface area (Å²) < 4.78 is 18.4. The highest BCUT2D eigenvalue weighted by Crippen LogP contribution is 2.60. The van der Waals surface area contributed by atoms with Crippen molar-refractivity contribution in [3.05, 3.63) is 0 Å². The average molecular weight is 611 g/mol. The molecule has 4 aliphatic heterocycles. The molecule has 1 spiro atoms. The zero-order valence-corrected chi connectivity index (χ0v) is 26.6. The quantitative estimate of drug-likeness (QED) is 0.220. The molecule has 1 saturated carbocycles. The number of nitrogens with one attached hydrogen (secondary N) is 2. The first kappa shape index (κ1) is 33.6. The lowest BCUT2D eigenvalue weighted by Gasteiger charge is -2.59. The SMILES string of the molecule is CC[C@H](C)[C@H](NC(=O)[C@H](CC(C)C)NC(=O)CCC(=O)O[C@@H]1O[C@H]2O[C@@]3(C)CC[C@H]4[C@H](C)CC[C@H]([C@H]1C)[C@@]24OO3)C(=O)O. The molecule has 5 aliphatic rings. The van der Waals surface area contributed by atoms with E-state index in [0.29, 0.717) is 25.2 Å². The Labute approximate surface area is 254 Å². The number of aliphatic carboxylic acids is 1. The topological polar surface area (TPSA) is 159 Å². The normalized spacial score (nSPS) is 36.9. The van der Waals surface area contributed by atoms with Crippen molar-refractivity contribution < 1.29 is 48.3 Å². The highest BCUT2D eigenvalue weighted by Gasteiger charge is 2.69. The summed E-state index contributed by atoms with van der Waals surface area (Å²) in [4.78, 5) is 62.4. The number of rotatable bonds is 12. The molecule has 0 aromatic heterocycles. The molecule has 0 unspecified atom stereocenters. The van der Waals surface area contributed by atoms with Gasteiger partial charge in [0.15, 0.2) is 11.9 Å². The van der Waals surface area contributed by atoms with Crippen molar-refractivity contribution in [1.29, 1.82) is 0 Å². The Balaban J connectivity index is 1.35. The molecule has 0 radical (unpaired) electrons. The molecule has 4 saturated heterocycles. The van der Waals surface area contributed by atoms with Gasteiger partial charge in [-0.2, -0.15) is 0 Å². The van der Waals surface area contributed by atoms with E-state index in [1.54, 1.807) is 6.92 Å². The first-order chi connectivity index (χ1) is 20.2. The van der Waals surface area contributed by atoms with Crippen molar-refractivity contribution >= 4 is 23.8 Å². The van der Waals surface area contributed by atoms with E-state index in [9.17, 15) is 24.3 Å². The molecule has 244 valence electrons. The minimum absolute atomic E-state index is 0.00319. The molecule has 4 heterocycles. The van der Waals surface area contributed by atoms with Crippen molar-refractivity contribution in [1.82, 2.24) is 10.6 Å². The van der Waals surface area contributed by atoms with E-state index in [0.717, 1.165) is 19.3 Å². The number of carbonyl (C=O) groups is 4. The van der Waals surface area contributed by atoms with Crippen LogP contribution in [0.5, 0.6) is 0 Å². The molecular weight excluding hydrogens is 560 g/mol. The van der Waals surface area contributed by atoms with Crippen molar-refractivity contribution in [2.24, 2.45) is 35.5 Å². The fraction of sp³-hybridized carbons (Fsp3) is 0.871. The van der Waals surface area contributed by atoms with E-state index >= 15 is 0 Å². The Morgan fingerprint density at radius 1 is 1.00 bits per heavy atom. The third kappa shape index (κ3) is 7.02. The molecule has 0 aromatic carbocycles. The lowest BCUT2D eigenvalue weighted by Crippen LogP contribution is -2.70. The average Bonchev–Trinajstić information content (AvgIpc) is 3.17. The summed E-state index contributed by atoms with van der Waals surface area (Å²) in [5, 5.41) is 14.8. The molecular formula is C31H50N2O10. The lowest BCUT2D eigenvalue weighted by molar-refractivity contribution is -0.576. The Morgan fingerprint density at radius 3 is 2.37 bits per heavy atom. The van der Waals surface area contributed by atoms with Crippen LogP contribution >= 0.6 is 0 Å². The number of ether oxygens (including phenoxy) is 3. The smallest absolute Gasteiger partial charge is 0.326 e. The molecule has 43 heavy (non-hydrogen) atoms. The second kappa shape index (κ2) is 13.4. The summed E-state index contributed by atoms with van der Waals surface area (Å²) in [5.41, 5.74) is -0.767. The first-order valence-electron chi connectivity index (χ1n) is 15.9. The number of esters is 1. The molecule has 2 bridgehead atoms. The van der Waals surface area contributed by atoms with Crippen molar-refractivity contribution in [3.63, 3.8) is 0 Å². The van der Waals surface area contributed by atoms with E-state index < -0.39 is 59.8 Å². The number of fused-ring (bicyclic) bond motifs is 2. The second-order valence-electron chi connectivity index (χ2n) is 13.7. The number of carboxylic acids is 1. The van der Waals surface area contributed by atoms with Gasteiger partial charge in [-0.15, -0.1) is 0 Å². The largest absolute Gasteiger partial charge is 0.480 e. The van der Waals surface area contributed by atoms with Gasteiger partial charge in [0.25, 0.3) is 0 Å². The van der Waals surface area contributed by atoms with E-state index in [1.807, 2.05) is 34.6 Å². The maximum absolute atomic E-state index is 13.0. The monoisotopic (exact) mass is 610 g/mol. The van der Waals surface area contributed by atoms with Crippen LogP contribution in [0, 0.1) is 35.5 Å². The summed E-state index contributed by atoms with van der Waals surface area (Å²) in [7, 11) is 0. The highest BCUT2D eigenvalue weighted by atomic mass is 17.3. The van der Waals surface area contributed by atoms with Crippen LogP contribution in [0.15, 0.2) is 0 Å². The van der Waals surface area contributed by atoms with Crippen LogP contribution in [0.1, 0.15) is 99.8 Å². The third-order valence-electron chi connectivity index (χ3n) is 10.0. The minimum Gasteiger partial charge on any atom is -0.480 e. The van der Waals surface area contributed by atoms with Crippen molar-refractivity contribution in [2.75, 3.05) is 0 Å². The standard InChI is InChI=1S/C31H50N2O10/c1-8-17(4)25(27(37)38)33-26(36)22(15-16(2)3)32-23(34)11-12-24(35)39-28-19(6)21-10-9-18(5)20-13-14-30(7)41-29(40-28)31(20,21)43-42-30/h16-22,25,28-29H,8-15H2,1-7H3,(H,32,34)(H,33,36)(H,37,38)/t17-,18+,19+,20-,21+,22-,25-,28+,29-,30+,31+/m0/s1. The third-order valence-corrected chi connectivity index (χ3v) is 10.0. The lowest BCUT2D eigenvalue weighted by atomic mass is 9.58. The van der Waals surface area contributed by atoms with Crippen LogP contribution in [0.4, 0.5) is 0 Å².